The molecule has 2 heterocycles. The number of halogens is 1. The first-order chi connectivity index (χ1) is 15.1. The SMILES string of the molecule is O=C(O)CCc1ccc(COc2cccc3c2N(Cc2cccnc2)CCC3)cc1F. The van der Waals surface area contributed by atoms with Crippen LogP contribution in [0.25, 0.3) is 0 Å². The predicted octanol–water partition coefficient (Wildman–Crippen LogP) is 4.77. The normalized spacial score (nSPS) is 13.0. The van der Waals surface area contributed by atoms with Gasteiger partial charge in [0, 0.05) is 31.9 Å². The van der Waals surface area contributed by atoms with E-state index >= 15 is 0 Å². The molecule has 160 valence electrons. The fourth-order valence-electron chi connectivity index (χ4n) is 3.97. The lowest BCUT2D eigenvalue weighted by Crippen LogP contribution is -2.29. The van der Waals surface area contributed by atoms with Crippen LogP contribution in [0.15, 0.2) is 60.9 Å². The molecular weight excluding hydrogens is 395 g/mol. The molecule has 31 heavy (non-hydrogen) atoms. The summed E-state index contributed by atoms with van der Waals surface area (Å²) in [7, 11) is 0. The number of aromatic nitrogens is 1. The monoisotopic (exact) mass is 420 g/mol. The van der Waals surface area contributed by atoms with Crippen molar-refractivity contribution in [3.8, 4) is 5.75 Å². The Morgan fingerprint density at radius 1 is 1.16 bits per heavy atom. The third kappa shape index (κ3) is 5.20. The number of fused-ring (bicyclic) bond motifs is 1. The Balaban J connectivity index is 1.49. The first kappa shape index (κ1) is 20.8. The molecule has 6 heteroatoms. The number of pyridine rings is 1. The molecule has 1 aliphatic rings. The molecule has 2 aromatic carbocycles. The van der Waals surface area contributed by atoms with Gasteiger partial charge in [-0.3, -0.25) is 9.78 Å². The van der Waals surface area contributed by atoms with Crippen molar-refractivity contribution in [2.24, 2.45) is 0 Å². The molecule has 1 N–H and O–H groups in total. The molecule has 0 unspecified atom stereocenters. The maximum Gasteiger partial charge on any atom is 0.303 e. The number of hydrogen-bond acceptors (Lipinski definition) is 4. The Morgan fingerprint density at radius 2 is 2.06 bits per heavy atom. The largest absolute Gasteiger partial charge is 0.487 e. The summed E-state index contributed by atoms with van der Waals surface area (Å²) >= 11 is 0. The first-order valence-electron chi connectivity index (χ1n) is 10.5. The highest BCUT2D eigenvalue weighted by molar-refractivity contribution is 5.67. The Labute approximate surface area is 181 Å². The van der Waals surface area contributed by atoms with Gasteiger partial charge < -0.3 is 14.7 Å². The van der Waals surface area contributed by atoms with Crippen molar-refractivity contribution in [1.82, 2.24) is 4.98 Å². The molecule has 1 aliphatic heterocycles. The summed E-state index contributed by atoms with van der Waals surface area (Å²) in [5, 5.41) is 8.79. The van der Waals surface area contributed by atoms with E-state index < -0.39 is 11.8 Å². The van der Waals surface area contributed by atoms with Gasteiger partial charge in [-0.05, 0) is 59.7 Å². The topological polar surface area (TPSA) is 62.7 Å². The van der Waals surface area contributed by atoms with Crippen molar-refractivity contribution in [3.63, 3.8) is 0 Å². The molecule has 0 spiro atoms. The number of anilines is 1. The fourth-order valence-corrected chi connectivity index (χ4v) is 3.97. The van der Waals surface area contributed by atoms with Crippen molar-refractivity contribution in [2.45, 2.75) is 38.8 Å². The van der Waals surface area contributed by atoms with Crippen LogP contribution in [0.3, 0.4) is 0 Å². The Bertz CT molecular complexity index is 1060. The number of benzene rings is 2. The maximum atomic E-state index is 14.3. The van der Waals surface area contributed by atoms with Crippen LogP contribution in [0.5, 0.6) is 5.75 Å². The van der Waals surface area contributed by atoms with Crippen LogP contribution >= 0.6 is 0 Å². The van der Waals surface area contributed by atoms with Crippen molar-refractivity contribution in [1.29, 1.82) is 0 Å². The van der Waals surface area contributed by atoms with Gasteiger partial charge in [-0.25, -0.2) is 4.39 Å². The zero-order valence-corrected chi connectivity index (χ0v) is 17.3. The number of hydrogen-bond donors (Lipinski definition) is 1. The molecule has 0 fully saturated rings. The van der Waals surface area contributed by atoms with Crippen LogP contribution < -0.4 is 9.64 Å². The van der Waals surface area contributed by atoms with E-state index in [4.69, 9.17) is 9.84 Å². The highest BCUT2D eigenvalue weighted by Crippen LogP contribution is 2.37. The van der Waals surface area contributed by atoms with E-state index in [-0.39, 0.29) is 19.4 Å². The Kier molecular flexibility index (Phi) is 6.46. The predicted molar refractivity (Wildman–Crippen MR) is 117 cm³/mol. The molecule has 0 radical (unpaired) electrons. The average Bonchev–Trinajstić information content (AvgIpc) is 2.77. The summed E-state index contributed by atoms with van der Waals surface area (Å²) in [6, 6.07) is 15.0. The van der Waals surface area contributed by atoms with Gasteiger partial charge >= 0.3 is 5.97 Å². The molecule has 0 saturated heterocycles. The molecule has 0 saturated carbocycles. The summed E-state index contributed by atoms with van der Waals surface area (Å²) < 4.78 is 20.5. The first-order valence-corrected chi connectivity index (χ1v) is 10.5. The molecular formula is C25H25FN2O3. The van der Waals surface area contributed by atoms with E-state index in [0.29, 0.717) is 11.1 Å². The molecule has 0 amide bonds. The second kappa shape index (κ2) is 9.60. The van der Waals surface area contributed by atoms with Gasteiger partial charge in [-0.1, -0.05) is 30.3 Å². The molecule has 4 rings (SSSR count). The second-order valence-corrected chi connectivity index (χ2v) is 7.76. The van der Waals surface area contributed by atoms with Gasteiger partial charge in [0.15, 0.2) is 0 Å². The standard InChI is InChI=1S/C25H25FN2O3/c26-22-14-18(8-9-20(22)10-11-24(29)30)17-31-23-7-1-5-21-6-3-13-28(25(21)23)16-19-4-2-12-27-15-19/h1-2,4-5,7-9,12,14-15H,3,6,10-11,13,16-17H2,(H,29,30). The minimum Gasteiger partial charge on any atom is -0.487 e. The van der Waals surface area contributed by atoms with E-state index in [2.05, 4.69) is 22.0 Å². The van der Waals surface area contributed by atoms with Crippen LogP contribution in [-0.2, 0) is 30.8 Å². The number of nitrogens with zero attached hydrogens (tertiary/aromatic N) is 2. The van der Waals surface area contributed by atoms with Gasteiger partial charge in [0.05, 0.1) is 5.69 Å². The van der Waals surface area contributed by atoms with Gasteiger partial charge in [0.25, 0.3) is 0 Å². The summed E-state index contributed by atoms with van der Waals surface area (Å²) in [4.78, 5) is 17.3. The van der Waals surface area contributed by atoms with Crippen LogP contribution in [0.4, 0.5) is 10.1 Å². The Morgan fingerprint density at radius 3 is 2.84 bits per heavy atom. The third-order valence-electron chi connectivity index (χ3n) is 5.49. The molecule has 0 atom stereocenters. The van der Waals surface area contributed by atoms with Crippen molar-refractivity contribution in [2.75, 3.05) is 11.4 Å². The lowest BCUT2D eigenvalue weighted by Gasteiger charge is -2.33. The van der Waals surface area contributed by atoms with E-state index in [1.807, 2.05) is 24.4 Å². The Hall–Kier alpha value is -3.41. The zero-order chi connectivity index (χ0) is 21.6. The lowest BCUT2D eigenvalue weighted by molar-refractivity contribution is -0.136. The summed E-state index contributed by atoms with van der Waals surface area (Å²) in [5.41, 5.74) is 4.61. The maximum absolute atomic E-state index is 14.3. The molecule has 0 aliphatic carbocycles. The van der Waals surface area contributed by atoms with Gasteiger partial charge in [0.1, 0.15) is 18.2 Å². The zero-order valence-electron chi connectivity index (χ0n) is 17.3. The quantitative estimate of drug-likeness (QED) is 0.569. The van der Waals surface area contributed by atoms with E-state index in [1.54, 1.807) is 18.3 Å². The number of carboxylic acid groups (broad SMARTS) is 1. The number of carboxylic acids is 1. The summed E-state index contributed by atoms with van der Waals surface area (Å²) in [5.74, 6) is -0.538. The second-order valence-electron chi connectivity index (χ2n) is 7.76. The van der Waals surface area contributed by atoms with Crippen LogP contribution in [0.1, 0.15) is 35.1 Å². The summed E-state index contributed by atoms with van der Waals surface area (Å²) in [6.45, 7) is 1.94. The average molecular weight is 420 g/mol. The number of ether oxygens (including phenoxy) is 1. The number of aliphatic carboxylic acids is 1. The smallest absolute Gasteiger partial charge is 0.303 e. The van der Waals surface area contributed by atoms with Crippen LogP contribution in [0.2, 0.25) is 0 Å². The highest BCUT2D eigenvalue weighted by atomic mass is 19.1. The number of para-hydroxylation sites is 1. The molecule has 0 bridgehead atoms. The van der Waals surface area contributed by atoms with Crippen molar-refractivity contribution >= 4 is 11.7 Å². The fraction of sp³-hybridized carbons (Fsp3) is 0.280. The number of aryl methyl sites for hydroxylation is 2. The van der Waals surface area contributed by atoms with Gasteiger partial charge in [-0.15, -0.1) is 0 Å². The van der Waals surface area contributed by atoms with Crippen LogP contribution in [-0.4, -0.2) is 22.6 Å². The summed E-state index contributed by atoms with van der Waals surface area (Å²) in [6.07, 6.45) is 5.83. The third-order valence-corrected chi connectivity index (χ3v) is 5.49. The van der Waals surface area contributed by atoms with Crippen LogP contribution in [0, 0.1) is 5.82 Å². The minimum atomic E-state index is -0.934. The number of carbonyl (C=O) groups is 1. The molecule has 3 aromatic rings. The highest BCUT2D eigenvalue weighted by Gasteiger charge is 2.21. The van der Waals surface area contributed by atoms with Crippen molar-refractivity contribution < 1.29 is 19.0 Å². The molecule has 5 nitrogen and oxygen atoms in total. The van der Waals surface area contributed by atoms with Crippen molar-refractivity contribution in [3.05, 3.63) is 89.0 Å². The van der Waals surface area contributed by atoms with E-state index in [9.17, 15) is 9.18 Å². The van der Waals surface area contributed by atoms with Gasteiger partial charge in [-0.2, -0.15) is 0 Å². The lowest BCUT2D eigenvalue weighted by atomic mass is 10.0. The number of rotatable bonds is 8. The van der Waals surface area contributed by atoms with E-state index in [1.165, 1.54) is 11.6 Å². The molecule has 1 aromatic heterocycles. The minimum absolute atomic E-state index is 0.0876. The van der Waals surface area contributed by atoms with E-state index in [0.717, 1.165) is 42.9 Å². The van der Waals surface area contributed by atoms with Gasteiger partial charge in [0.2, 0.25) is 0 Å².